The van der Waals surface area contributed by atoms with E-state index < -0.39 is 0 Å². The summed E-state index contributed by atoms with van der Waals surface area (Å²) >= 11 is 0. The molecular weight excluding hydrogens is 1070 g/mol. The average molecular weight is 1140 g/mol. The highest BCUT2D eigenvalue weighted by molar-refractivity contribution is 7.03. The standard InChI is InChI=1S/C80H72B2N4O2/c1-45-29-31-61-67(37-45)85(77-55(11)33-47(3)34-56(77)12)73-41-59(87-79-51(7)23-19-24-52(79)8)39-71-75(73)81(61)63-43-64-70(44-69(63)83(71)65-27-17-15-21-49(65)5)84(66-28-18-16-22-50(66)6)72-40-60(88-80-53(9)25-20-26-54(80)10)42-74-76(72)82(64)62-32-30-46(2)38-68(62)86(74)78-57(13)35-48(4)36-58(78)14/h15-44H,1-14H3. The van der Waals surface area contributed by atoms with Gasteiger partial charge in [0.15, 0.2) is 0 Å². The second kappa shape index (κ2) is 20.5. The predicted octanol–water partition coefficient (Wildman–Crippen LogP) is 17.8. The number of anilines is 12. The Bertz CT molecular complexity index is 4430. The van der Waals surface area contributed by atoms with Crippen LogP contribution in [-0.2, 0) is 0 Å². The fourth-order valence-corrected chi connectivity index (χ4v) is 15.6. The summed E-state index contributed by atoms with van der Waals surface area (Å²) in [5, 5.41) is 0. The number of aryl methyl sites for hydroxylation is 14. The molecule has 0 unspecified atom stereocenters. The number of para-hydroxylation sites is 4. The summed E-state index contributed by atoms with van der Waals surface area (Å²) in [6.07, 6.45) is 0. The van der Waals surface area contributed by atoms with Crippen LogP contribution < -0.4 is 61.9 Å². The molecule has 11 aromatic carbocycles. The predicted molar refractivity (Wildman–Crippen MR) is 374 cm³/mol. The molecule has 15 rings (SSSR count). The molecular formula is C80H72B2N4O2. The van der Waals surface area contributed by atoms with E-state index in [1.807, 2.05) is 0 Å². The Balaban J connectivity index is 1.09. The topological polar surface area (TPSA) is 31.4 Å². The van der Waals surface area contributed by atoms with Crippen molar-refractivity contribution in [2.45, 2.75) is 96.9 Å². The van der Waals surface area contributed by atoms with E-state index in [1.165, 1.54) is 111 Å². The zero-order valence-corrected chi connectivity index (χ0v) is 53.1. The number of benzene rings is 11. The third-order valence-corrected chi connectivity index (χ3v) is 19.2. The van der Waals surface area contributed by atoms with Gasteiger partial charge in [-0.1, -0.05) is 139 Å². The van der Waals surface area contributed by atoms with Crippen LogP contribution in [0.5, 0.6) is 23.0 Å². The number of ether oxygens (including phenoxy) is 2. The minimum absolute atomic E-state index is 0.172. The molecule has 88 heavy (non-hydrogen) atoms. The highest BCUT2D eigenvalue weighted by atomic mass is 16.5. The first-order valence-electron chi connectivity index (χ1n) is 31.1. The first kappa shape index (κ1) is 55.0. The molecule has 4 aliphatic heterocycles. The van der Waals surface area contributed by atoms with Crippen molar-refractivity contribution in [2.24, 2.45) is 0 Å². The molecule has 0 spiro atoms. The zero-order valence-electron chi connectivity index (χ0n) is 53.1. The van der Waals surface area contributed by atoms with E-state index in [9.17, 15) is 0 Å². The summed E-state index contributed by atoms with van der Waals surface area (Å²) in [6.45, 7) is 30.8. The lowest BCUT2D eigenvalue weighted by Gasteiger charge is -2.48. The Morgan fingerprint density at radius 2 is 0.568 bits per heavy atom. The van der Waals surface area contributed by atoms with Crippen LogP contribution >= 0.6 is 0 Å². The van der Waals surface area contributed by atoms with Gasteiger partial charge in [-0.05, 0) is 227 Å². The molecule has 0 bridgehead atoms. The van der Waals surface area contributed by atoms with Crippen molar-refractivity contribution in [1.29, 1.82) is 0 Å². The molecule has 0 fully saturated rings. The van der Waals surface area contributed by atoms with Crippen LogP contribution in [0.1, 0.15) is 77.9 Å². The molecule has 11 aromatic rings. The van der Waals surface area contributed by atoms with Crippen LogP contribution in [0.4, 0.5) is 68.2 Å². The monoisotopic (exact) mass is 1140 g/mol. The van der Waals surface area contributed by atoms with Crippen molar-refractivity contribution in [2.75, 3.05) is 19.6 Å². The first-order valence-corrected chi connectivity index (χ1v) is 31.1. The Hall–Kier alpha value is -9.65. The Morgan fingerprint density at radius 1 is 0.239 bits per heavy atom. The van der Waals surface area contributed by atoms with E-state index in [-0.39, 0.29) is 13.4 Å². The molecule has 0 aliphatic carbocycles. The van der Waals surface area contributed by atoms with Gasteiger partial charge in [0.2, 0.25) is 0 Å². The van der Waals surface area contributed by atoms with Crippen molar-refractivity contribution in [3.8, 4) is 23.0 Å². The zero-order chi connectivity index (χ0) is 60.9. The van der Waals surface area contributed by atoms with Gasteiger partial charge in [-0.2, -0.15) is 0 Å². The van der Waals surface area contributed by atoms with Gasteiger partial charge in [-0.15, -0.1) is 0 Å². The van der Waals surface area contributed by atoms with E-state index in [0.29, 0.717) is 0 Å². The minimum Gasteiger partial charge on any atom is -0.457 e. The molecule has 0 saturated carbocycles. The summed E-state index contributed by atoms with van der Waals surface area (Å²) in [6, 6.07) is 68.9. The van der Waals surface area contributed by atoms with Crippen molar-refractivity contribution in [1.82, 2.24) is 0 Å². The normalized spacial score (nSPS) is 13.2. The Kier molecular flexibility index (Phi) is 12.8. The third-order valence-electron chi connectivity index (χ3n) is 19.2. The van der Waals surface area contributed by atoms with Crippen LogP contribution in [0.2, 0.25) is 0 Å². The molecule has 0 atom stereocenters. The van der Waals surface area contributed by atoms with Crippen molar-refractivity contribution in [3.05, 3.63) is 260 Å². The lowest BCUT2D eigenvalue weighted by atomic mass is 9.30. The fourth-order valence-electron chi connectivity index (χ4n) is 15.6. The highest BCUT2D eigenvalue weighted by Crippen LogP contribution is 2.53. The largest absolute Gasteiger partial charge is 0.457 e. The van der Waals surface area contributed by atoms with E-state index in [1.54, 1.807) is 0 Å². The summed E-state index contributed by atoms with van der Waals surface area (Å²) in [4.78, 5) is 10.3. The number of hydrogen-bond donors (Lipinski definition) is 0. The van der Waals surface area contributed by atoms with Gasteiger partial charge in [-0.3, -0.25) is 0 Å². The van der Waals surface area contributed by atoms with Gasteiger partial charge < -0.3 is 29.1 Å². The molecule has 8 heteroatoms. The molecule has 4 aliphatic rings. The van der Waals surface area contributed by atoms with Gasteiger partial charge in [0.1, 0.15) is 23.0 Å². The average Bonchev–Trinajstić information content (AvgIpc) is 0.698. The maximum absolute atomic E-state index is 7.34. The van der Waals surface area contributed by atoms with E-state index in [0.717, 1.165) is 90.8 Å². The SMILES string of the molecule is Cc1cc(C)c(N2c3cc(C)ccc3B3c4cc5c(cc4N(c4ccccc4C)c4cc(Oc6c(C)cccc6C)cc2c43)N(c2ccccc2C)c2cc(Oc3c(C)cccc3C)cc3c2B5c2ccc(C)cc2N3c2c(C)cc(C)cc2C)c(C)c1. The summed E-state index contributed by atoms with van der Waals surface area (Å²) in [7, 11) is 0. The maximum Gasteiger partial charge on any atom is 0.252 e. The summed E-state index contributed by atoms with van der Waals surface area (Å²) in [5.74, 6) is 3.32. The number of nitrogens with zero attached hydrogens (tertiary/aromatic N) is 4. The van der Waals surface area contributed by atoms with Gasteiger partial charge in [0.05, 0.1) is 11.4 Å². The first-order chi connectivity index (χ1) is 42.4. The lowest BCUT2D eigenvalue weighted by Crippen LogP contribution is -2.65. The lowest BCUT2D eigenvalue weighted by molar-refractivity contribution is 0.475. The number of hydrogen-bond acceptors (Lipinski definition) is 6. The number of rotatable bonds is 8. The molecule has 0 saturated heterocycles. The number of fused-ring (bicyclic) bond motifs is 8. The van der Waals surface area contributed by atoms with Gasteiger partial charge in [0, 0.05) is 81.1 Å². The van der Waals surface area contributed by atoms with Crippen molar-refractivity contribution >= 4 is 114 Å². The molecule has 0 N–H and O–H groups in total. The minimum atomic E-state index is -0.172. The fraction of sp³-hybridized carbons (Fsp3) is 0.175. The van der Waals surface area contributed by atoms with E-state index >= 15 is 0 Å². The quantitative estimate of drug-likeness (QED) is 0.141. The van der Waals surface area contributed by atoms with Gasteiger partial charge >= 0.3 is 0 Å². The van der Waals surface area contributed by atoms with Crippen LogP contribution in [0.25, 0.3) is 0 Å². The van der Waals surface area contributed by atoms with Crippen molar-refractivity contribution < 1.29 is 9.47 Å². The smallest absolute Gasteiger partial charge is 0.252 e. The van der Waals surface area contributed by atoms with Crippen LogP contribution in [0.3, 0.4) is 0 Å². The van der Waals surface area contributed by atoms with Gasteiger partial charge in [0.25, 0.3) is 13.4 Å². The summed E-state index contributed by atoms with van der Waals surface area (Å²) in [5.41, 5.74) is 37.7. The van der Waals surface area contributed by atoms with E-state index in [4.69, 9.17) is 9.47 Å². The molecule has 0 radical (unpaired) electrons. The van der Waals surface area contributed by atoms with Crippen molar-refractivity contribution in [3.63, 3.8) is 0 Å². The maximum atomic E-state index is 7.34. The van der Waals surface area contributed by atoms with Crippen LogP contribution in [0.15, 0.2) is 182 Å². The Morgan fingerprint density at radius 3 is 0.932 bits per heavy atom. The Labute approximate surface area is 520 Å². The molecule has 430 valence electrons. The summed E-state index contributed by atoms with van der Waals surface area (Å²) < 4.78 is 14.7. The van der Waals surface area contributed by atoms with E-state index in [2.05, 4.69) is 299 Å². The van der Waals surface area contributed by atoms with Crippen LogP contribution in [-0.4, -0.2) is 13.4 Å². The molecule has 6 nitrogen and oxygen atoms in total. The molecule has 0 aromatic heterocycles. The second-order valence-corrected chi connectivity index (χ2v) is 25.8. The third kappa shape index (κ3) is 8.46. The van der Waals surface area contributed by atoms with Gasteiger partial charge in [-0.25, -0.2) is 0 Å². The highest BCUT2D eigenvalue weighted by Gasteiger charge is 2.49. The van der Waals surface area contributed by atoms with Crippen LogP contribution in [0, 0.1) is 96.9 Å². The second-order valence-electron chi connectivity index (χ2n) is 25.8. The molecule has 4 heterocycles. The molecule has 0 amide bonds.